The minimum atomic E-state index is -3.80. The summed E-state index contributed by atoms with van der Waals surface area (Å²) >= 11 is 12.6. The smallest absolute Gasteiger partial charge is 0.308 e. The average molecular weight is 344 g/mol. The van der Waals surface area contributed by atoms with Crippen LogP contribution in [0.3, 0.4) is 0 Å². The van der Waals surface area contributed by atoms with E-state index in [1.54, 1.807) is 6.92 Å². The van der Waals surface area contributed by atoms with Gasteiger partial charge >= 0.3 is 5.97 Å². The fraction of sp³-hybridized carbons (Fsp3) is 0.500. The lowest BCUT2D eigenvalue weighted by Crippen LogP contribution is -2.37. The topological polar surface area (TPSA) is 74.7 Å². The lowest BCUT2D eigenvalue weighted by molar-refractivity contribution is -0.142. The Kier molecular flexibility index (Phi) is 4.13. The van der Waals surface area contributed by atoms with E-state index in [4.69, 9.17) is 28.3 Å². The lowest BCUT2D eigenvalue weighted by Gasteiger charge is -2.22. The van der Waals surface area contributed by atoms with Crippen molar-refractivity contribution in [2.45, 2.75) is 24.3 Å². The quantitative estimate of drug-likeness (QED) is 0.914. The molecule has 1 aromatic heterocycles. The highest BCUT2D eigenvalue weighted by molar-refractivity contribution is 7.89. The van der Waals surface area contributed by atoms with Gasteiger partial charge in [-0.2, -0.15) is 4.31 Å². The van der Waals surface area contributed by atoms with Crippen molar-refractivity contribution >= 4 is 50.5 Å². The first kappa shape index (κ1) is 15.1. The highest BCUT2D eigenvalue weighted by Gasteiger charge is 2.43. The standard InChI is InChI=1S/C10H11Cl2NO4S2/c1-5-6(10(14)15)2-3-13(5)19(16,17)7-4-8(11)18-9(7)12/h4-6H,2-3H2,1H3,(H,14,15). The largest absolute Gasteiger partial charge is 0.481 e. The first-order chi connectivity index (χ1) is 8.75. The van der Waals surface area contributed by atoms with Gasteiger partial charge in [0.05, 0.1) is 10.3 Å². The molecule has 0 spiro atoms. The van der Waals surface area contributed by atoms with E-state index < -0.39 is 28.0 Å². The van der Waals surface area contributed by atoms with E-state index in [0.29, 0.717) is 6.42 Å². The number of carbonyl (C=O) groups is 1. The van der Waals surface area contributed by atoms with Crippen molar-refractivity contribution in [1.82, 2.24) is 4.31 Å². The summed E-state index contributed by atoms with van der Waals surface area (Å²) in [4.78, 5) is 11.0. The van der Waals surface area contributed by atoms with Crippen LogP contribution in [0.15, 0.2) is 11.0 Å². The van der Waals surface area contributed by atoms with Crippen LogP contribution in [-0.2, 0) is 14.8 Å². The highest BCUT2D eigenvalue weighted by atomic mass is 35.5. The lowest BCUT2D eigenvalue weighted by atomic mass is 10.0. The van der Waals surface area contributed by atoms with Crippen molar-refractivity contribution in [2.24, 2.45) is 5.92 Å². The number of carboxylic acids is 1. The van der Waals surface area contributed by atoms with Crippen LogP contribution in [0.1, 0.15) is 13.3 Å². The Morgan fingerprint density at radius 1 is 1.53 bits per heavy atom. The molecule has 0 aromatic carbocycles. The predicted molar refractivity (Wildman–Crippen MR) is 73.4 cm³/mol. The molecule has 0 aliphatic carbocycles. The number of halogens is 2. The summed E-state index contributed by atoms with van der Waals surface area (Å²) in [5.41, 5.74) is 0. The number of hydrogen-bond donors (Lipinski definition) is 1. The summed E-state index contributed by atoms with van der Waals surface area (Å²) in [5, 5.41) is 9.03. The zero-order chi connectivity index (χ0) is 14.4. The first-order valence-electron chi connectivity index (χ1n) is 5.44. The molecular weight excluding hydrogens is 333 g/mol. The maximum Gasteiger partial charge on any atom is 0.308 e. The Morgan fingerprint density at radius 3 is 2.58 bits per heavy atom. The van der Waals surface area contributed by atoms with Crippen molar-refractivity contribution < 1.29 is 18.3 Å². The van der Waals surface area contributed by atoms with Gasteiger partial charge in [0.15, 0.2) is 0 Å². The van der Waals surface area contributed by atoms with Gasteiger partial charge in [-0.1, -0.05) is 23.2 Å². The third-order valence-electron chi connectivity index (χ3n) is 3.23. The van der Waals surface area contributed by atoms with E-state index >= 15 is 0 Å². The molecule has 0 bridgehead atoms. The van der Waals surface area contributed by atoms with Gasteiger partial charge in [-0.25, -0.2) is 8.42 Å². The molecule has 1 fully saturated rings. The van der Waals surface area contributed by atoms with Gasteiger partial charge in [-0.3, -0.25) is 4.79 Å². The summed E-state index contributed by atoms with van der Waals surface area (Å²) in [6.45, 7) is 1.76. The number of hydrogen-bond acceptors (Lipinski definition) is 4. The molecule has 0 amide bonds. The molecule has 2 unspecified atom stereocenters. The van der Waals surface area contributed by atoms with Crippen LogP contribution in [0.25, 0.3) is 0 Å². The molecule has 1 aliphatic rings. The second-order valence-corrected chi connectivity index (χ2v) is 8.42. The molecule has 5 nitrogen and oxygen atoms in total. The van der Waals surface area contributed by atoms with Crippen LogP contribution in [0.4, 0.5) is 0 Å². The van der Waals surface area contributed by atoms with Gasteiger partial charge in [-0.15, -0.1) is 11.3 Å². The number of thiophene rings is 1. The van der Waals surface area contributed by atoms with Gasteiger partial charge in [0, 0.05) is 12.6 Å². The van der Waals surface area contributed by atoms with Crippen LogP contribution >= 0.6 is 34.5 Å². The molecule has 0 saturated carbocycles. The average Bonchev–Trinajstić information content (AvgIpc) is 2.82. The van der Waals surface area contributed by atoms with Crippen molar-refractivity contribution in [3.8, 4) is 0 Å². The van der Waals surface area contributed by atoms with Crippen molar-refractivity contribution in [3.05, 3.63) is 14.7 Å². The molecule has 106 valence electrons. The zero-order valence-electron chi connectivity index (χ0n) is 9.84. The summed E-state index contributed by atoms with van der Waals surface area (Å²) in [5.74, 6) is -1.68. The highest BCUT2D eigenvalue weighted by Crippen LogP contribution is 2.38. The maximum atomic E-state index is 12.4. The van der Waals surface area contributed by atoms with E-state index in [2.05, 4.69) is 0 Å². The van der Waals surface area contributed by atoms with Crippen molar-refractivity contribution in [3.63, 3.8) is 0 Å². The number of carboxylic acid groups (broad SMARTS) is 1. The van der Waals surface area contributed by atoms with Crippen LogP contribution < -0.4 is 0 Å². The second kappa shape index (κ2) is 5.21. The Bertz CT molecular complexity index is 613. The summed E-state index contributed by atoms with van der Waals surface area (Å²) < 4.78 is 26.4. The SMILES string of the molecule is CC1C(C(=O)O)CCN1S(=O)(=O)c1cc(Cl)sc1Cl. The number of nitrogens with zero attached hydrogens (tertiary/aromatic N) is 1. The molecular formula is C10H11Cl2NO4S2. The molecule has 1 aromatic rings. The Balaban J connectivity index is 2.37. The van der Waals surface area contributed by atoms with Crippen LogP contribution in [0.5, 0.6) is 0 Å². The molecule has 2 atom stereocenters. The van der Waals surface area contributed by atoms with Crippen LogP contribution in [0, 0.1) is 5.92 Å². The summed E-state index contributed by atoms with van der Waals surface area (Å²) in [6.07, 6.45) is 0.297. The van der Waals surface area contributed by atoms with Crippen LogP contribution in [0.2, 0.25) is 8.67 Å². The van der Waals surface area contributed by atoms with Gasteiger partial charge in [-0.05, 0) is 19.4 Å². The Hall–Kier alpha value is -0.340. The van der Waals surface area contributed by atoms with Crippen molar-refractivity contribution in [1.29, 1.82) is 0 Å². The Morgan fingerprint density at radius 2 is 2.16 bits per heavy atom. The molecule has 1 N–H and O–H groups in total. The number of aliphatic carboxylic acids is 1. The fourth-order valence-corrected chi connectivity index (χ4v) is 6.00. The Labute approximate surface area is 124 Å². The molecule has 9 heteroatoms. The number of rotatable bonds is 3. The molecule has 1 saturated heterocycles. The molecule has 19 heavy (non-hydrogen) atoms. The third kappa shape index (κ3) is 2.62. The minimum Gasteiger partial charge on any atom is -0.481 e. The van der Waals surface area contributed by atoms with Gasteiger partial charge in [0.25, 0.3) is 0 Å². The molecule has 2 heterocycles. The molecule has 0 radical (unpaired) electrons. The fourth-order valence-electron chi connectivity index (χ4n) is 2.21. The van der Waals surface area contributed by atoms with Crippen LogP contribution in [-0.4, -0.2) is 36.4 Å². The predicted octanol–water partition coefficient (Wildman–Crippen LogP) is 2.54. The van der Waals surface area contributed by atoms with E-state index in [1.807, 2.05) is 0 Å². The van der Waals surface area contributed by atoms with Gasteiger partial charge in [0.1, 0.15) is 9.23 Å². The minimum absolute atomic E-state index is 0.0537. The first-order valence-corrected chi connectivity index (χ1v) is 8.46. The van der Waals surface area contributed by atoms with Gasteiger partial charge in [0.2, 0.25) is 10.0 Å². The monoisotopic (exact) mass is 343 g/mol. The van der Waals surface area contributed by atoms with E-state index in [1.165, 1.54) is 10.4 Å². The molecule has 1 aliphatic heterocycles. The summed E-state index contributed by atoms with van der Waals surface area (Å²) in [7, 11) is -3.80. The maximum absolute atomic E-state index is 12.4. The number of sulfonamides is 1. The van der Waals surface area contributed by atoms with E-state index in [0.717, 1.165) is 11.3 Å². The van der Waals surface area contributed by atoms with Gasteiger partial charge < -0.3 is 5.11 Å². The van der Waals surface area contributed by atoms with E-state index in [-0.39, 0.29) is 20.1 Å². The van der Waals surface area contributed by atoms with Crippen molar-refractivity contribution in [2.75, 3.05) is 6.54 Å². The molecule has 2 rings (SSSR count). The zero-order valence-corrected chi connectivity index (χ0v) is 13.0. The summed E-state index contributed by atoms with van der Waals surface area (Å²) in [6, 6.07) is 0.697. The normalized spacial score (nSPS) is 24.8. The van der Waals surface area contributed by atoms with E-state index in [9.17, 15) is 13.2 Å². The third-order valence-corrected chi connectivity index (χ3v) is 6.97. The second-order valence-electron chi connectivity index (χ2n) is 4.28.